The molecule has 4 nitrogen and oxygen atoms in total. The van der Waals surface area contributed by atoms with Gasteiger partial charge < -0.3 is 10.2 Å². The van der Waals surface area contributed by atoms with Crippen molar-refractivity contribution >= 4 is 46.5 Å². The molecular weight excluding hydrogens is 296 g/mol. The first-order chi connectivity index (χ1) is 8.47. The maximum absolute atomic E-state index is 11.0. The summed E-state index contributed by atoms with van der Waals surface area (Å²) in [5.74, 6) is 0.578. The number of amides is 1. The Morgan fingerprint density at radius 3 is 2.83 bits per heavy atom. The van der Waals surface area contributed by atoms with Gasteiger partial charge in [-0.3, -0.25) is 4.79 Å². The topological polar surface area (TPSA) is 45.2 Å². The predicted octanol–water partition coefficient (Wildman–Crippen LogP) is 2.76. The van der Waals surface area contributed by atoms with Crippen LogP contribution in [0, 0.1) is 0 Å². The average Bonchev–Trinajstić information content (AvgIpc) is 2.70. The maximum Gasteiger partial charge on any atom is 0.217 e. The van der Waals surface area contributed by atoms with Gasteiger partial charge in [0.1, 0.15) is 11.0 Å². The summed E-state index contributed by atoms with van der Waals surface area (Å²) in [6.07, 6.45) is 0.859. The fourth-order valence-electron chi connectivity index (χ4n) is 2.01. The smallest absolute Gasteiger partial charge is 0.217 e. The molecule has 98 valence electrons. The van der Waals surface area contributed by atoms with Gasteiger partial charge in [-0.1, -0.05) is 34.8 Å². The SMILES string of the molecule is CC(=O)NC1CCN(c2nc(Cl)c(Cl)cc2Cl)C1. The van der Waals surface area contributed by atoms with E-state index in [1.54, 1.807) is 6.07 Å². The summed E-state index contributed by atoms with van der Waals surface area (Å²) in [6.45, 7) is 2.95. The van der Waals surface area contributed by atoms with Crippen LogP contribution in [0.5, 0.6) is 0 Å². The van der Waals surface area contributed by atoms with Crippen molar-refractivity contribution in [3.63, 3.8) is 0 Å². The zero-order valence-electron chi connectivity index (χ0n) is 9.71. The highest BCUT2D eigenvalue weighted by atomic mass is 35.5. The van der Waals surface area contributed by atoms with Crippen LogP contribution >= 0.6 is 34.8 Å². The first kappa shape index (κ1) is 13.7. The molecule has 0 aromatic carbocycles. The first-order valence-corrected chi connectivity index (χ1v) is 6.64. The molecule has 1 atom stereocenters. The van der Waals surface area contributed by atoms with Crippen molar-refractivity contribution < 1.29 is 4.79 Å². The lowest BCUT2D eigenvalue weighted by Crippen LogP contribution is -2.35. The Kier molecular flexibility index (Phi) is 4.20. The third-order valence-electron chi connectivity index (χ3n) is 2.76. The average molecular weight is 309 g/mol. The number of anilines is 1. The van der Waals surface area contributed by atoms with Gasteiger partial charge in [0.15, 0.2) is 0 Å². The van der Waals surface area contributed by atoms with Crippen LogP contribution in [0.25, 0.3) is 0 Å². The second-order valence-corrected chi connectivity index (χ2v) is 5.37. The molecule has 0 bridgehead atoms. The number of hydrogen-bond donors (Lipinski definition) is 1. The quantitative estimate of drug-likeness (QED) is 0.855. The lowest BCUT2D eigenvalue weighted by atomic mass is 10.3. The van der Waals surface area contributed by atoms with Gasteiger partial charge in [-0.05, 0) is 12.5 Å². The molecule has 1 aliphatic rings. The molecule has 2 rings (SSSR count). The monoisotopic (exact) mass is 307 g/mol. The van der Waals surface area contributed by atoms with Crippen molar-refractivity contribution in [3.8, 4) is 0 Å². The zero-order valence-corrected chi connectivity index (χ0v) is 12.0. The predicted molar refractivity (Wildman–Crippen MR) is 73.7 cm³/mol. The van der Waals surface area contributed by atoms with Gasteiger partial charge in [-0.15, -0.1) is 0 Å². The minimum atomic E-state index is -0.0324. The highest BCUT2D eigenvalue weighted by Crippen LogP contribution is 2.32. The molecule has 0 saturated carbocycles. The third-order valence-corrected chi connectivity index (χ3v) is 3.71. The number of halogens is 3. The number of carbonyl (C=O) groups excluding carboxylic acids is 1. The van der Waals surface area contributed by atoms with E-state index in [4.69, 9.17) is 34.8 Å². The molecule has 0 spiro atoms. The van der Waals surface area contributed by atoms with Crippen LogP contribution in [0.15, 0.2) is 6.07 Å². The van der Waals surface area contributed by atoms with E-state index in [1.165, 1.54) is 6.92 Å². The van der Waals surface area contributed by atoms with Crippen LogP contribution in [0.2, 0.25) is 15.2 Å². The van der Waals surface area contributed by atoms with Gasteiger partial charge in [0.2, 0.25) is 5.91 Å². The Balaban J connectivity index is 2.14. The summed E-state index contributed by atoms with van der Waals surface area (Å²) in [6, 6.07) is 1.70. The van der Waals surface area contributed by atoms with Gasteiger partial charge in [-0.2, -0.15) is 0 Å². The van der Waals surface area contributed by atoms with Crippen LogP contribution in [-0.4, -0.2) is 30.0 Å². The van der Waals surface area contributed by atoms with Crippen molar-refractivity contribution in [1.29, 1.82) is 0 Å². The molecule has 1 aliphatic heterocycles. The number of nitrogens with one attached hydrogen (secondary N) is 1. The maximum atomic E-state index is 11.0. The highest BCUT2D eigenvalue weighted by molar-refractivity contribution is 6.42. The largest absolute Gasteiger partial charge is 0.353 e. The second kappa shape index (κ2) is 5.51. The van der Waals surface area contributed by atoms with Crippen LogP contribution in [0.4, 0.5) is 5.82 Å². The van der Waals surface area contributed by atoms with E-state index in [9.17, 15) is 4.79 Å². The van der Waals surface area contributed by atoms with E-state index >= 15 is 0 Å². The number of rotatable bonds is 2. The number of aromatic nitrogens is 1. The van der Waals surface area contributed by atoms with Gasteiger partial charge in [0.25, 0.3) is 0 Å². The Morgan fingerprint density at radius 2 is 2.17 bits per heavy atom. The summed E-state index contributed by atoms with van der Waals surface area (Å²) in [5, 5.41) is 3.91. The molecule has 0 radical (unpaired) electrons. The first-order valence-electron chi connectivity index (χ1n) is 5.51. The fraction of sp³-hybridized carbons (Fsp3) is 0.455. The van der Waals surface area contributed by atoms with E-state index in [-0.39, 0.29) is 17.1 Å². The van der Waals surface area contributed by atoms with Crippen molar-refractivity contribution in [2.45, 2.75) is 19.4 Å². The molecule has 1 aromatic heterocycles. The summed E-state index contributed by atoms with van der Waals surface area (Å²) in [7, 11) is 0. The van der Waals surface area contributed by atoms with Crippen molar-refractivity contribution in [1.82, 2.24) is 10.3 Å². The molecule has 1 amide bonds. The lowest BCUT2D eigenvalue weighted by Gasteiger charge is -2.19. The van der Waals surface area contributed by atoms with Crippen LogP contribution in [0.1, 0.15) is 13.3 Å². The number of hydrogen-bond acceptors (Lipinski definition) is 3. The minimum Gasteiger partial charge on any atom is -0.353 e. The molecule has 7 heteroatoms. The van der Waals surface area contributed by atoms with Gasteiger partial charge in [0, 0.05) is 26.1 Å². The molecule has 1 fully saturated rings. The number of carbonyl (C=O) groups is 1. The van der Waals surface area contributed by atoms with E-state index in [1.807, 2.05) is 4.90 Å². The fourth-order valence-corrected chi connectivity index (χ4v) is 2.63. The van der Waals surface area contributed by atoms with Crippen LogP contribution in [0.3, 0.4) is 0 Å². The lowest BCUT2D eigenvalue weighted by molar-refractivity contribution is -0.119. The van der Waals surface area contributed by atoms with E-state index in [2.05, 4.69) is 10.3 Å². The van der Waals surface area contributed by atoms with E-state index in [0.29, 0.717) is 22.4 Å². The number of nitrogens with zero attached hydrogens (tertiary/aromatic N) is 2. The van der Waals surface area contributed by atoms with Crippen molar-refractivity contribution in [2.24, 2.45) is 0 Å². The van der Waals surface area contributed by atoms with Crippen molar-refractivity contribution in [3.05, 3.63) is 21.3 Å². The van der Waals surface area contributed by atoms with Crippen LogP contribution in [-0.2, 0) is 4.79 Å². The molecule has 1 unspecified atom stereocenters. The Morgan fingerprint density at radius 1 is 1.44 bits per heavy atom. The molecule has 1 N–H and O–H groups in total. The summed E-state index contributed by atoms with van der Waals surface area (Å²) in [4.78, 5) is 17.2. The Labute approximate surface area is 120 Å². The van der Waals surface area contributed by atoms with E-state index < -0.39 is 0 Å². The van der Waals surface area contributed by atoms with Gasteiger partial charge >= 0.3 is 0 Å². The second-order valence-electron chi connectivity index (χ2n) is 4.20. The summed E-state index contributed by atoms with van der Waals surface area (Å²) >= 11 is 17.8. The summed E-state index contributed by atoms with van der Waals surface area (Å²) in [5.41, 5.74) is 0. The molecule has 2 heterocycles. The standard InChI is InChI=1S/C11H12Cl3N3O/c1-6(18)15-7-2-3-17(5-7)11-9(13)4-8(12)10(14)16-11/h4,7H,2-3,5H2,1H3,(H,15,18). The molecule has 1 saturated heterocycles. The van der Waals surface area contributed by atoms with Crippen molar-refractivity contribution in [2.75, 3.05) is 18.0 Å². The minimum absolute atomic E-state index is 0.0324. The third kappa shape index (κ3) is 2.99. The van der Waals surface area contributed by atoms with Gasteiger partial charge in [0.05, 0.1) is 10.0 Å². The van der Waals surface area contributed by atoms with E-state index in [0.717, 1.165) is 13.0 Å². The Hall–Kier alpha value is -0.710. The number of pyridine rings is 1. The Bertz CT molecular complexity index is 481. The molecule has 18 heavy (non-hydrogen) atoms. The molecule has 1 aromatic rings. The zero-order chi connectivity index (χ0) is 13.3. The van der Waals surface area contributed by atoms with Gasteiger partial charge in [-0.25, -0.2) is 4.98 Å². The highest BCUT2D eigenvalue weighted by Gasteiger charge is 2.26. The van der Waals surface area contributed by atoms with Crippen LogP contribution < -0.4 is 10.2 Å². The normalized spacial score (nSPS) is 19.1. The summed E-state index contributed by atoms with van der Waals surface area (Å²) < 4.78 is 0. The molecule has 0 aliphatic carbocycles. The molecular formula is C11H12Cl3N3O.